The second kappa shape index (κ2) is 3.87. The number of hydrogen-bond donors (Lipinski definition) is 1. The summed E-state index contributed by atoms with van der Waals surface area (Å²) < 4.78 is 1.95. The number of aromatic nitrogens is 1. The van der Waals surface area contributed by atoms with Gasteiger partial charge in [-0.15, -0.1) is 0 Å². The molecule has 0 unspecified atom stereocenters. The second-order valence-corrected chi connectivity index (χ2v) is 3.78. The molecule has 1 aromatic carbocycles. The Labute approximate surface area is 93.8 Å². The lowest BCUT2D eigenvalue weighted by Crippen LogP contribution is -1.91. The molecule has 0 aliphatic rings. The highest BCUT2D eigenvalue weighted by atomic mass is 32.1. The number of nitrogens with zero attached hydrogens (tertiary/aromatic N) is 1. The van der Waals surface area contributed by atoms with E-state index in [0.717, 1.165) is 11.3 Å². The summed E-state index contributed by atoms with van der Waals surface area (Å²) >= 11 is 4.73. The van der Waals surface area contributed by atoms with Crippen LogP contribution in [0.15, 0.2) is 42.6 Å². The fourth-order valence-electron chi connectivity index (χ4n) is 1.58. The van der Waals surface area contributed by atoms with Crippen LogP contribution in [0.3, 0.4) is 0 Å². The molecule has 2 nitrogen and oxygen atoms in total. The van der Waals surface area contributed by atoms with E-state index in [4.69, 9.17) is 12.2 Å². The Kier molecular flexibility index (Phi) is 2.56. The Morgan fingerprint density at radius 3 is 2.47 bits per heavy atom. The second-order valence-electron chi connectivity index (χ2n) is 3.40. The van der Waals surface area contributed by atoms with Crippen LogP contribution in [0.2, 0.25) is 0 Å². The van der Waals surface area contributed by atoms with E-state index < -0.39 is 0 Å². The van der Waals surface area contributed by atoms with E-state index in [2.05, 4.69) is 0 Å². The van der Waals surface area contributed by atoms with Gasteiger partial charge in [-0.1, -0.05) is 30.3 Å². The first-order valence-electron chi connectivity index (χ1n) is 4.63. The Balaban J connectivity index is 2.50. The molecular weight excluding hydrogens is 206 g/mol. The van der Waals surface area contributed by atoms with Gasteiger partial charge in [0.05, 0.1) is 0 Å². The lowest BCUT2D eigenvalue weighted by atomic mass is 10.1. The van der Waals surface area contributed by atoms with E-state index in [-0.39, 0.29) is 5.05 Å². The van der Waals surface area contributed by atoms with Crippen molar-refractivity contribution >= 4 is 17.3 Å². The maximum absolute atomic E-state index is 9.23. The number of thiocarbonyl (C=S) groups is 1. The standard InChI is InChI=1S/C12H11NOS/c1-13-8-10(12(14)15)7-11(13)9-5-3-2-4-6-9/h2-8H,1H3,(H,14,15). The zero-order valence-corrected chi connectivity index (χ0v) is 9.16. The molecule has 76 valence electrons. The molecule has 0 atom stereocenters. The molecule has 2 aromatic rings. The van der Waals surface area contributed by atoms with Gasteiger partial charge in [0, 0.05) is 24.5 Å². The lowest BCUT2D eigenvalue weighted by molar-refractivity contribution is 0.571. The van der Waals surface area contributed by atoms with Crippen molar-refractivity contribution in [2.75, 3.05) is 0 Å². The summed E-state index contributed by atoms with van der Waals surface area (Å²) in [6.45, 7) is 0. The minimum absolute atomic E-state index is 0.0622. The highest BCUT2D eigenvalue weighted by Crippen LogP contribution is 2.21. The van der Waals surface area contributed by atoms with Gasteiger partial charge in [-0.25, -0.2) is 0 Å². The monoisotopic (exact) mass is 217 g/mol. The van der Waals surface area contributed by atoms with Gasteiger partial charge in [0.25, 0.3) is 0 Å². The van der Waals surface area contributed by atoms with Gasteiger partial charge in [0.15, 0.2) is 5.05 Å². The molecule has 0 fully saturated rings. The summed E-state index contributed by atoms with van der Waals surface area (Å²) in [5.74, 6) is 0. The summed E-state index contributed by atoms with van der Waals surface area (Å²) in [5.41, 5.74) is 2.84. The van der Waals surface area contributed by atoms with Crippen LogP contribution in [-0.4, -0.2) is 14.7 Å². The molecule has 0 saturated carbocycles. The largest absolute Gasteiger partial charge is 0.498 e. The fraction of sp³-hybridized carbons (Fsp3) is 0.0833. The van der Waals surface area contributed by atoms with Crippen molar-refractivity contribution in [3.63, 3.8) is 0 Å². The molecule has 0 amide bonds. The van der Waals surface area contributed by atoms with Crippen LogP contribution in [0.5, 0.6) is 0 Å². The highest BCUT2D eigenvalue weighted by Gasteiger charge is 2.07. The quantitative estimate of drug-likeness (QED) is 0.782. The average molecular weight is 217 g/mol. The van der Waals surface area contributed by atoms with E-state index in [9.17, 15) is 5.11 Å². The predicted octanol–water partition coefficient (Wildman–Crippen LogP) is 2.93. The van der Waals surface area contributed by atoms with Crippen LogP contribution >= 0.6 is 12.2 Å². The number of benzene rings is 1. The fourth-order valence-corrected chi connectivity index (χ4v) is 1.69. The SMILES string of the molecule is Cn1cc(C(O)=S)cc1-c1ccccc1. The zero-order valence-electron chi connectivity index (χ0n) is 8.34. The summed E-state index contributed by atoms with van der Waals surface area (Å²) in [5, 5.41) is 9.16. The maximum atomic E-state index is 9.23. The molecule has 15 heavy (non-hydrogen) atoms. The van der Waals surface area contributed by atoms with Gasteiger partial charge >= 0.3 is 0 Å². The van der Waals surface area contributed by atoms with Crippen molar-refractivity contribution in [3.05, 3.63) is 48.2 Å². The van der Waals surface area contributed by atoms with E-state index in [1.165, 1.54) is 0 Å². The van der Waals surface area contributed by atoms with Crippen molar-refractivity contribution in [3.8, 4) is 11.3 Å². The van der Waals surface area contributed by atoms with Crippen molar-refractivity contribution < 1.29 is 5.11 Å². The lowest BCUT2D eigenvalue weighted by Gasteiger charge is -2.01. The minimum atomic E-state index is -0.0622. The maximum Gasteiger partial charge on any atom is 0.190 e. The molecule has 0 spiro atoms. The first-order valence-corrected chi connectivity index (χ1v) is 5.04. The van der Waals surface area contributed by atoms with Gasteiger partial charge < -0.3 is 9.67 Å². The van der Waals surface area contributed by atoms with Gasteiger partial charge in [-0.3, -0.25) is 0 Å². The Hall–Kier alpha value is -1.61. The topological polar surface area (TPSA) is 25.2 Å². The van der Waals surface area contributed by atoms with Crippen molar-refractivity contribution in [2.24, 2.45) is 7.05 Å². The summed E-state index contributed by atoms with van der Waals surface area (Å²) in [6, 6.07) is 11.9. The van der Waals surface area contributed by atoms with Crippen molar-refractivity contribution in [1.82, 2.24) is 4.57 Å². The molecule has 0 aliphatic heterocycles. The highest BCUT2D eigenvalue weighted by molar-refractivity contribution is 7.80. The molecular formula is C12H11NOS. The molecule has 0 radical (unpaired) electrons. The first kappa shape index (κ1) is 9.93. The number of rotatable bonds is 2. The molecule has 0 saturated heterocycles. The predicted molar refractivity (Wildman–Crippen MR) is 65.2 cm³/mol. The summed E-state index contributed by atoms with van der Waals surface area (Å²) in [6.07, 6.45) is 1.82. The Morgan fingerprint density at radius 1 is 1.27 bits per heavy atom. The van der Waals surface area contributed by atoms with Gasteiger partial charge in [0.1, 0.15) is 0 Å². The van der Waals surface area contributed by atoms with Crippen LogP contribution < -0.4 is 0 Å². The third-order valence-electron chi connectivity index (χ3n) is 2.32. The van der Waals surface area contributed by atoms with Crippen LogP contribution in [-0.2, 0) is 7.05 Å². The number of aliphatic hydroxyl groups excluding tert-OH is 1. The number of aliphatic hydroxyl groups is 1. The number of aryl methyl sites for hydroxylation is 1. The Bertz CT molecular complexity index is 488. The number of hydrogen-bond acceptors (Lipinski definition) is 1. The van der Waals surface area contributed by atoms with Gasteiger partial charge in [0.2, 0.25) is 0 Å². The van der Waals surface area contributed by atoms with E-state index in [1.54, 1.807) is 0 Å². The molecule has 1 aromatic heterocycles. The van der Waals surface area contributed by atoms with Gasteiger partial charge in [-0.2, -0.15) is 0 Å². The van der Waals surface area contributed by atoms with Crippen molar-refractivity contribution in [2.45, 2.75) is 0 Å². The summed E-state index contributed by atoms with van der Waals surface area (Å²) in [7, 11) is 1.93. The smallest absolute Gasteiger partial charge is 0.190 e. The van der Waals surface area contributed by atoms with Crippen LogP contribution in [0.4, 0.5) is 0 Å². The molecule has 3 heteroatoms. The molecule has 0 bridgehead atoms. The molecule has 2 rings (SSSR count). The summed E-state index contributed by atoms with van der Waals surface area (Å²) in [4.78, 5) is 0. The van der Waals surface area contributed by atoms with E-state index >= 15 is 0 Å². The average Bonchev–Trinajstić information content (AvgIpc) is 2.62. The van der Waals surface area contributed by atoms with Crippen LogP contribution in [0.1, 0.15) is 5.56 Å². The van der Waals surface area contributed by atoms with E-state index in [1.807, 2.05) is 54.2 Å². The van der Waals surface area contributed by atoms with E-state index in [0.29, 0.717) is 5.56 Å². The third-order valence-corrected chi connectivity index (χ3v) is 2.56. The first-order chi connectivity index (χ1) is 7.18. The van der Waals surface area contributed by atoms with Crippen LogP contribution in [0.25, 0.3) is 11.3 Å². The van der Waals surface area contributed by atoms with Gasteiger partial charge in [-0.05, 0) is 23.8 Å². The minimum Gasteiger partial charge on any atom is -0.498 e. The third kappa shape index (κ3) is 1.92. The molecule has 0 aliphatic carbocycles. The van der Waals surface area contributed by atoms with Crippen molar-refractivity contribution in [1.29, 1.82) is 0 Å². The molecule has 1 N–H and O–H groups in total. The molecule has 1 heterocycles. The zero-order chi connectivity index (χ0) is 10.8. The Morgan fingerprint density at radius 2 is 1.93 bits per heavy atom. The normalized spacial score (nSPS) is 10.2. The van der Waals surface area contributed by atoms with Crippen LogP contribution in [0, 0.1) is 0 Å².